The first kappa shape index (κ1) is 14.5. The normalized spacial score (nSPS) is 18.1. The first-order chi connectivity index (χ1) is 9.16. The average molecular weight is 260 g/mol. The van der Waals surface area contributed by atoms with Gasteiger partial charge in [0.2, 0.25) is 0 Å². The van der Waals surface area contributed by atoms with Gasteiger partial charge in [-0.15, -0.1) is 0 Å². The molecule has 1 saturated carbocycles. The van der Waals surface area contributed by atoms with Crippen LogP contribution in [-0.4, -0.2) is 25.0 Å². The molecule has 106 valence electrons. The molecule has 0 aliphatic heterocycles. The van der Waals surface area contributed by atoms with Crippen LogP contribution in [0.5, 0.6) is 0 Å². The molecule has 0 heterocycles. The molecule has 0 bridgehead atoms. The van der Waals surface area contributed by atoms with Crippen molar-refractivity contribution in [3.63, 3.8) is 0 Å². The van der Waals surface area contributed by atoms with Gasteiger partial charge in [0.15, 0.2) is 0 Å². The third kappa shape index (κ3) is 4.32. The maximum absolute atomic E-state index is 6.33. The Bertz CT molecular complexity index is 383. The van der Waals surface area contributed by atoms with Crippen molar-refractivity contribution in [2.75, 3.05) is 20.1 Å². The van der Waals surface area contributed by atoms with E-state index in [-0.39, 0.29) is 6.04 Å². The van der Waals surface area contributed by atoms with Crippen molar-refractivity contribution in [2.45, 2.75) is 45.1 Å². The predicted molar refractivity (Wildman–Crippen MR) is 82.2 cm³/mol. The molecule has 0 spiro atoms. The topological polar surface area (TPSA) is 29.3 Å². The largest absolute Gasteiger partial charge is 0.324 e. The van der Waals surface area contributed by atoms with Gasteiger partial charge in [0.25, 0.3) is 0 Å². The van der Waals surface area contributed by atoms with Gasteiger partial charge in [-0.1, -0.05) is 37.1 Å². The first-order valence-electron chi connectivity index (χ1n) is 7.66. The minimum Gasteiger partial charge on any atom is -0.324 e. The lowest BCUT2D eigenvalue weighted by atomic mass is 9.99. The minimum absolute atomic E-state index is 0.173. The van der Waals surface area contributed by atoms with Gasteiger partial charge in [0.1, 0.15) is 0 Å². The van der Waals surface area contributed by atoms with E-state index in [1.54, 1.807) is 0 Å². The zero-order valence-corrected chi connectivity index (χ0v) is 12.4. The Balaban J connectivity index is 1.76. The predicted octanol–water partition coefficient (Wildman–Crippen LogP) is 3.51. The van der Waals surface area contributed by atoms with Crippen molar-refractivity contribution in [2.24, 2.45) is 11.7 Å². The van der Waals surface area contributed by atoms with Crippen LogP contribution in [0, 0.1) is 12.8 Å². The third-order valence-corrected chi connectivity index (χ3v) is 4.45. The third-order valence-electron chi connectivity index (χ3n) is 4.45. The monoisotopic (exact) mass is 260 g/mol. The molecule has 1 fully saturated rings. The van der Waals surface area contributed by atoms with Crippen LogP contribution < -0.4 is 5.73 Å². The molecule has 0 amide bonds. The van der Waals surface area contributed by atoms with E-state index in [1.807, 2.05) is 0 Å². The van der Waals surface area contributed by atoms with E-state index in [0.717, 1.165) is 18.9 Å². The van der Waals surface area contributed by atoms with Crippen molar-refractivity contribution in [1.82, 2.24) is 4.90 Å². The Morgan fingerprint density at radius 2 is 1.95 bits per heavy atom. The smallest absolute Gasteiger partial charge is 0.0309 e. The number of hydrogen-bond acceptors (Lipinski definition) is 2. The summed E-state index contributed by atoms with van der Waals surface area (Å²) in [5.74, 6) is 0.930. The average Bonchev–Trinajstić information content (AvgIpc) is 2.89. The molecule has 2 nitrogen and oxygen atoms in total. The van der Waals surface area contributed by atoms with Crippen LogP contribution in [0.2, 0.25) is 0 Å². The van der Waals surface area contributed by atoms with Crippen molar-refractivity contribution >= 4 is 0 Å². The van der Waals surface area contributed by atoms with Crippen molar-refractivity contribution in [3.8, 4) is 0 Å². The van der Waals surface area contributed by atoms with E-state index in [1.165, 1.54) is 43.4 Å². The molecule has 1 aromatic carbocycles. The van der Waals surface area contributed by atoms with Crippen LogP contribution in [0.25, 0.3) is 0 Å². The standard InChI is InChI=1S/C17H28N2/c1-14-7-3-6-10-16(14)17(18)11-12-19(2)13-15-8-4-5-9-15/h3,6-7,10,15,17H,4-5,8-9,11-13,18H2,1-2H3. The second-order valence-electron chi connectivity index (χ2n) is 6.16. The number of nitrogens with zero attached hydrogens (tertiary/aromatic N) is 1. The lowest BCUT2D eigenvalue weighted by Gasteiger charge is -2.23. The Labute approximate surface area is 118 Å². The molecule has 2 heteroatoms. The highest BCUT2D eigenvalue weighted by Crippen LogP contribution is 2.25. The van der Waals surface area contributed by atoms with Crippen LogP contribution in [0.15, 0.2) is 24.3 Å². The van der Waals surface area contributed by atoms with E-state index in [0.29, 0.717) is 0 Å². The highest BCUT2D eigenvalue weighted by atomic mass is 15.1. The summed E-state index contributed by atoms with van der Waals surface area (Å²) in [6.07, 6.45) is 6.76. The van der Waals surface area contributed by atoms with Gasteiger partial charge in [0.05, 0.1) is 0 Å². The first-order valence-corrected chi connectivity index (χ1v) is 7.66. The number of hydrogen-bond donors (Lipinski definition) is 1. The van der Waals surface area contributed by atoms with Gasteiger partial charge < -0.3 is 10.6 Å². The molecular formula is C17H28N2. The van der Waals surface area contributed by atoms with E-state index in [2.05, 4.69) is 43.1 Å². The fraction of sp³-hybridized carbons (Fsp3) is 0.647. The van der Waals surface area contributed by atoms with Crippen LogP contribution in [-0.2, 0) is 0 Å². The van der Waals surface area contributed by atoms with Crippen molar-refractivity contribution < 1.29 is 0 Å². The SMILES string of the molecule is Cc1ccccc1C(N)CCN(C)CC1CCCC1. The summed E-state index contributed by atoms with van der Waals surface area (Å²) in [7, 11) is 2.24. The minimum atomic E-state index is 0.173. The van der Waals surface area contributed by atoms with Crippen molar-refractivity contribution in [3.05, 3.63) is 35.4 Å². The van der Waals surface area contributed by atoms with Gasteiger partial charge in [-0.2, -0.15) is 0 Å². The van der Waals surface area contributed by atoms with Gasteiger partial charge in [-0.05, 0) is 56.8 Å². The van der Waals surface area contributed by atoms with Crippen molar-refractivity contribution in [1.29, 1.82) is 0 Å². The van der Waals surface area contributed by atoms with Gasteiger partial charge >= 0.3 is 0 Å². The van der Waals surface area contributed by atoms with Gasteiger partial charge in [0, 0.05) is 12.6 Å². The summed E-state index contributed by atoms with van der Waals surface area (Å²) in [6, 6.07) is 8.66. The van der Waals surface area contributed by atoms with E-state index >= 15 is 0 Å². The fourth-order valence-corrected chi connectivity index (χ4v) is 3.24. The zero-order chi connectivity index (χ0) is 13.7. The molecule has 0 radical (unpaired) electrons. The van der Waals surface area contributed by atoms with Gasteiger partial charge in [-0.25, -0.2) is 0 Å². The number of nitrogens with two attached hydrogens (primary N) is 1. The van der Waals surface area contributed by atoms with E-state index < -0.39 is 0 Å². The molecule has 19 heavy (non-hydrogen) atoms. The lowest BCUT2D eigenvalue weighted by molar-refractivity contribution is 0.268. The number of rotatable bonds is 6. The molecule has 1 aromatic rings. The van der Waals surface area contributed by atoms with Crippen LogP contribution in [0.1, 0.15) is 49.3 Å². The zero-order valence-electron chi connectivity index (χ0n) is 12.4. The molecular weight excluding hydrogens is 232 g/mol. The Morgan fingerprint density at radius 3 is 2.63 bits per heavy atom. The summed E-state index contributed by atoms with van der Waals surface area (Å²) in [4.78, 5) is 2.47. The second-order valence-corrected chi connectivity index (χ2v) is 6.16. The van der Waals surface area contributed by atoms with Crippen LogP contribution in [0.4, 0.5) is 0 Å². The van der Waals surface area contributed by atoms with Gasteiger partial charge in [-0.3, -0.25) is 0 Å². The molecule has 2 rings (SSSR count). The fourth-order valence-electron chi connectivity index (χ4n) is 3.24. The molecule has 1 aliphatic rings. The quantitative estimate of drug-likeness (QED) is 0.848. The number of aryl methyl sites for hydroxylation is 1. The Hall–Kier alpha value is -0.860. The Kier molecular flexibility index (Phi) is 5.41. The molecule has 1 atom stereocenters. The summed E-state index contributed by atoms with van der Waals surface area (Å²) in [6.45, 7) is 4.50. The summed E-state index contributed by atoms with van der Waals surface area (Å²) in [5, 5.41) is 0. The number of benzene rings is 1. The second kappa shape index (κ2) is 7.06. The maximum atomic E-state index is 6.33. The highest BCUT2D eigenvalue weighted by Gasteiger charge is 2.17. The van der Waals surface area contributed by atoms with E-state index in [4.69, 9.17) is 5.73 Å². The molecule has 2 N–H and O–H groups in total. The molecule has 0 aromatic heterocycles. The molecule has 0 saturated heterocycles. The van der Waals surface area contributed by atoms with E-state index in [9.17, 15) is 0 Å². The lowest BCUT2D eigenvalue weighted by Crippen LogP contribution is -2.28. The van der Waals surface area contributed by atoms with Crippen LogP contribution in [0.3, 0.4) is 0 Å². The molecule has 1 aliphatic carbocycles. The summed E-state index contributed by atoms with van der Waals surface area (Å²) in [5.41, 5.74) is 8.94. The van der Waals surface area contributed by atoms with Crippen LogP contribution >= 0.6 is 0 Å². The highest BCUT2D eigenvalue weighted by molar-refractivity contribution is 5.28. The summed E-state index contributed by atoms with van der Waals surface area (Å²) < 4.78 is 0. The maximum Gasteiger partial charge on any atom is 0.0309 e. The Morgan fingerprint density at radius 1 is 1.26 bits per heavy atom. The summed E-state index contributed by atoms with van der Waals surface area (Å²) >= 11 is 0. The molecule has 1 unspecified atom stereocenters.